The average Bonchev–Trinajstić information content (AvgIpc) is 2.41. The van der Waals surface area contributed by atoms with Gasteiger partial charge in [-0.15, -0.1) is 0 Å². The number of amides is 1. The van der Waals surface area contributed by atoms with E-state index in [1.165, 1.54) is 0 Å². The normalized spacial score (nSPS) is 11.9. The molecule has 0 heterocycles. The molecule has 1 atom stereocenters. The van der Waals surface area contributed by atoms with Crippen LogP contribution in [0, 0.1) is 5.92 Å². The summed E-state index contributed by atoms with van der Waals surface area (Å²) < 4.78 is 5.37. The van der Waals surface area contributed by atoms with E-state index >= 15 is 0 Å². The maximum absolute atomic E-state index is 11.6. The molecule has 0 spiro atoms. The van der Waals surface area contributed by atoms with Gasteiger partial charge in [0.15, 0.2) is 6.61 Å². The summed E-state index contributed by atoms with van der Waals surface area (Å²) in [6, 6.07) is 7.02. The van der Waals surface area contributed by atoms with Gasteiger partial charge in [0, 0.05) is 16.9 Å². The number of ether oxygens (including phenoxy) is 1. The largest absolute Gasteiger partial charge is 0.484 e. The molecular formula is C14H19BrClNO2. The molecule has 1 aromatic rings. The van der Waals surface area contributed by atoms with Gasteiger partial charge in [0.2, 0.25) is 0 Å². The van der Waals surface area contributed by atoms with Gasteiger partial charge in [0.25, 0.3) is 5.91 Å². The Morgan fingerprint density at radius 1 is 1.53 bits per heavy atom. The van der Waals surface area contributed by atoms with Crippen LogP contribution >= 0.6 is 27.5 Å². The number of carbonyl (C=O) groups is 1. The Balaban J connectivity index is 2.28. The Hall–Kier alpha value is -0.740. The fourth-order valence-electron chi connectivity index (χ4n) is 1.62. The minimum absolute atomic E-state index is 0.0189. The van der Waals surface area contributed by atoms with Gasteiger partial charge in [-0.1, -0.05) is 46.9 Å². The number of halogens is 2. The van der Waals surface area contributed by atoms with Crippen LogP contribution in [-0.2, 0) is 4.79 Å². The number of hydrogen-bond acceptors (Lipinski definition) is 2. The zero-order valence-corrected chi connectivity index (χ0v) is 13.3. The van der Waals surface area contributed by atoms with Gasteiger partial charge in [-0.2, -0.15) is 0 Å². The first-order valence-corrected chi connectivity index (χ1v) is 7.86. The lowest BCUT2D eigenvalue weighted by Crippen LogP contribution is -2.33. The Morgan fingerprint density at radius 2 is 2.32 bits per heavy atom. The van der Waals surface area contributed by atoms with Crippen molar-refractivity contribution in [3.8, 4) is 5.75 Å². The molecule has 19 heavy (non-hydrogen) atoms. The topological polar surface area (TPSA) is 38.3 Å². The van der Waals surface area contributed by atoms with E-state index in [9.17, 15) is 4.79 Å². The predicted octanol–water partition coefficient (Wildman–Crippen LogP) is 3.65. The summed E-state index contributed by atoms with van der Waals surface area (Å²) in [5.74, 6) is 1.01. The molecular weight excluding hydrogens is 330 g/mol. The van der Waals surface area contributed by atoms with Crippen molar-refractivity contribution >= 4 is 33.4 Å². The molecule has 0 aromatic heterocycles. The molecule has 3 nitrogen and oxygen atoms in total. The van der Waals surface area contributed by atoms with Gasteiger partial charge < -0.3 is 10.1 Å². The van der Waals surface area contributed by atoms with E-state index in [-0.39, 0.29) is 12.5 Å². The predicted molar refractivity (Wildman–Crippen MR) is 82.1 cm³/mol. The summed E-state index contributed by atoms with van der Waals surface area (Å²) in [6.45, 7) is 2.84. The standard InChI is InChI=1S/C14H19BrClNO2/c1-2-11(6-7-15)9-17-14(18)10-19-13-5-3-4-12(16)8-13/h3-5,8,11H,2,6-7,9-10H2,1H3,(H,17,18). The fourth-order valence-corrected chi connectivity index (χ4v) is 2.45. The van der Waals surface area contributed by atoms with Crippen molar-refractivity contribution in [1.29, 1.82) is 0 Å². The summed E-state index contributed by atoms with van der Waals surface area (Å²) >= 11 is 9.25. The quantitative estimate of drug-likeness (QED) is 0.728. The monoisotopic (exact) mass is 347 g/mol. The van der Waals surface area contributed by atoms with Crippen LogP contribution in [0.1, 0.15) is 19.8 Å². The second-order valence-electron chi connectivity index (χ2n) is 4.30. The minimum atomic E-state index is -0.104. The summed E-state index contributed by atoms with van der Waals surface area (Å²) in [5, 5.41) is 4.44. The molecule has 0 aliphatic heterocycles. The highest BCUT2D eigenvalue weighted by molar-refractivity contribution is 9.09. The number of rotatable bonds is 8. The maximum Gasteiger partial charge on any atom is 0.257 e. The van der Waals surface area contributed by atoms with Crippen LogP contribution in [0.2, 0.25) is 5.02 Å². The Labute approximate surface area is 127 Å². The van der Waals surface area contributed by atoms with Crippen molar-refractivity contribution < 1.29 is 9.53 Å². The molecule has 1 aromatic carbocycles. The van der Waals surface area contributed by atoms with Gasteiger partial charge in [0.1, 0.15) is 5.75 Å². The zero-order chi connectivity index (χ0) is 14.1. The van der Waals surface area contributed by atoms with Gasteiger partial charge in [-0.3, -0.25) is 4.79 Å². The number of nitrogens with one attached hydrogen (secondary N) is 1. The molecule has 0 bridgehead atoms. The van der Waals surface area contributed by atoms with Crippen LogP contribution in [0.15, 0.2) is 24.3 Å². The van der Waals surface area contributed by atoms with Gasteiger partial charge in [-0.25, -0.2) is 0 Å². The lowest BCUT2D eigenvalue weighted by molar-refractivity contribution is -0.123. The molecule has 5 heteroatoms. The van der Waals surface area contributed by atoms with E-state index in [4.69, 9.17) is 16.3 Å². The smallest absolute Gasteiger partial charge is 0.257 e. The first-order valence-electron chi connectivity index (χ1n) is 6.36. The highest BCUT2D eigenvalue weighted by Crippen LogP contribution is 2.16. The van der Waals surface area contributed by atoms with Crippen LogP contribution in [0.25, 0.3) is 0 Å². The van der Waals surface area contributed by atoms with Crippen LogP contribution in [0.3, 0.4) is 0 Å². The average molecular weight is 349 g/mol. The Bertz CT molecular complexity index is 401. The highest BCUT2D eigenvalue weighted by Gasteiger charge is 2.08. The van der Waals surface area contributed by atoms with E-state index in [0.29, 0.717) is 23.2 Å². The Morgan fingerprint density at radius 3 is 2.95 bits per heavy atom. The van der Waals surface area contributed by atoms with E-state index in [1.54, 1.807) is 24.3 Å². The summed E-state index contributed by atoms with van der Waals surface area (Å²) in [4.78, 5) is 11.6. The number of hydrogen-bond donors (Lipinski definition) is 1. The van der Waals surface area contributed by atoms with E-state index in [1.807, 2.05) is 0 Å². The van der Waals surface area contributed by atoms with Crippen molar-refractivity contribution in [3.05, 3.63) is 29.3 Å². The summed E-state index contributed by atoms with van der Waals surface area (Å²) in [5.41, 5.74) is 0. The van der Waals surface area contributed by atoms with Crippen LogP contribution in [0.4, 0.5) is 0 Å². The third kappa shape index (κ3) is 6.83. The highest BCUT2D eigenvalue weighted by atomic mass is 79.9. The molecule has 0 saturated carbocycles. The first-order chi connectivity index (χ1) is 9.15. The molecule has 1 rings (SSSR count). The maximum atomic E-state index is 11.6. The second-order valence-corrected chi connectivity index (χ2v) is 5.53. The van der Waals surface area contributed by atoms with Gasteiger partial charge >= 0.3 is 0 Å². The van der Waals surface area contributed by atoms with Gasteiger partial charge in [0.05, 0.1) is 0 Å². The first kappa shape index (κ1) is 16.3. The molecule has 0 aliphatic rings. The molecule has 1 N–H and O–H groups in total. The molecule has 1 amide bonds. The number of carbonyl (C=O) groups excluding carboxylic acids is 1. The van der Waals surface area contributed by atoms with Crippen molar-refractivity contribution in [3.63, 3.8) is 0 Å². The van der Waals surface area contributed by atoms with Crippen molar-refractivity contribution in [2.24, 2.45) is 5.92 Å². The molecule has 0 fully saturated rings. The van der Waals surface area contributed by atoms with Crippen molar-refractivity contribution in [1.82, 2.24) is 5.32 Å². The van der Waals surface area contributed by atoms with E-state index in [2.05, 4.69) is 28.2 Å². The summed E-state index contributed by atoms with van der Waals surface area (Å²) in [6.07, 6.45) is 2.12. The molecule has 0 aliphatic carbocycles. The molecule has 106 valence electrons. The third-order valence-electron chi connectivity index (χ3n) is 2.85. The fraction of sp³-hybridized carbons (Fsp3) is 0.500. The van der Waals surface area contributed by atoms with Gasteiger partial charge in [-0.05, 0) is 30.5 Å². The minimum Gasteiger partial charge on any atom is -0.484 e. The van der Waals surface area contributed by atoms with Crippen molar-refractivity contribution in [2.75, 3.05) is 18.5 Å². The van der Waals surface area contributed by atoms with Crippen LogP contribution < -0.4 is 10.1 Å². The van der Waals surface area contributed by atoms with Crippen molar-refractivity contribution in [2.45, 2.75) is 19.8 Å². The zero-order valence-electron chi connectivity index (χ0n) is 11.0. The molecule has 0 radical (unpaired) electrons. The molecule has 1 unspecified atom stereocenters. The van der Waals surface area contributed by atoms with E-state index < -0.39 is 0 Å². The van der Waals surface area contributed by atoms with Crippen LogP contribution in [-0.4, -0.2) is 24.4 Å². The lowest BCUT2D eigenvalue weighted by Gasteiger charge is -2.14. The summed E-state index contributed by atoms with van der Waals surface area (Å²) in [7, 11) is 0. The number of alkyl halides is 1. The Kier molecular flexibility index (Phi) is 7.91. The third-order valence-corrected chi connectivity index (χ3v) is 3.54. The number of benzene rings is 1. The van der Waals surface area contributed by atoms with E-state index in [0.717, 1.165) is 18.2 Å². The van der Waals surface area contributed by atoms with Crippen LogP contribution in [0.5, 0.6) is 5.75 Å². The SMILES string of the molecule is CCC(CCBr)CNC(=O)COc1cccc(Cl)c1. The lowest BCUT2D eigenvalue weighted by atomic mass is 10.0. The molecule has 0 saturated heterocycles. The second kappa shape index (κ2) is 9.21.